The van der Waals surface area contributed by atoms with Crippen molar-refractivity contribution in [2.45, 2.75) is 0 Å². The molecule has 5 nitrogen and oxygen atoms in total. The van der Waals surface area contributed by atoms with Crippen molar-refractivity contribution >= 4 is 55.2 Å². The van der Waals surface area contributed by atoms with Crippen LogP contribution in [0.15, 0.2) is 71.2 Å². The molecule has 1 amide bonds. The monoisotopic (exact) mass is 494 g/mol. The zero-order valence-electron chi connectivity index (χ0n) is 16.9. The maximum absolute atomic E-state index is 12.6. The lowest BCUT2D eigenvalue weighted by Crippen LogP contribution is -2.09. The van der Waals surface area contributed by atoms with Crippen molar-refractivity contribution in [3.8, 4) is 22.1 Å². The molecule has 0 saturated carbocycles. The third-order valence-electron chi connectivity index (χ3n) is 4.60. The number of hydrogen-bond donors (Lipinski definition) is 1. The first-order chi connectivity index (χ1) is 15.1. The van der Waals surface area contributed by atoms with Crippen molar-refractivity contribution in [3.05, 3.63) is 76.8 Å². The van der Waals surface area contributed by atoms with E-state index in [9.17, 15) is 4.79 Å². The van der Waals surface area contributed by atoms with Crippen molar-refractivity contribution < 1.29 is 14.3 Å². The van der Waals surface area contributed by atoms with E-state index in [0.717, 1.165) is 30.8 Å². The molecule has 31 heavy (non-hydrogen) atoms. The van der Waals surface area contributed by atoms with Crippen LogP contribution >= 0.6 is 27.3 Å². The van der Waals surface area contributed by atoms with Gasteiger partial charge in [-0.05, 0) is 54.6 Å². The molecule has 0 aliphatic heterocycles. The summed E-state index contributed by atoms with van der Waals surface area (Å²) < 4.78 is 12.8. The van der Waals surface area contributed by atoms with Gasteiger partial charge in [0.1, 0.15) is 16.5 Å². The Labute approximate surface area is 192 Å². The average Bonchev–Trinajstić information content (AvgIpc) is 3.22. The van der Waals surface area contributed by atoms with E-state index in [1.165, 1.54) is 6.08 Å². The number of nitrogens with one attached hydrogen (secondary N) is 1. The topological polar surface area (TPSA) is 60.5 Å². The van der Waals surface area contributed by atoms with E-state index in [1.54, 1.807) is 31.6 Å². The highest BCUT2D eigenvalue weighted by Gasteiger charge is 2.11. The summed E-state index contributed by atoms with van der Waals surface area (Å²) in [6, 6.07) is 19.3. The van der Waals surface area contributed by atoms with E-state index < -0.39 is 0 Å². The number of carbonyl (C=O) groups excluding carboxylic acids is 1. The van der Waals surface area contributed by atoms with Crippen LogP contribution in [0.4, 0.5) is 5.69 Å². The number of halogens is 1. The Balaban J connectivity index is 1.59. The number of aromatic nitrogens is 1. The first-order valence-corrected chi connectivity index (χ1v) is 11.0. The van der Waals surface area contributed by atoms with Crippen LogP contribution in [0.2, 0.25) is 0 Å². The number of thiazole rings is 1. The summed E-state index contributed by atoms with van der Waals surface area (Å²) >= 11 is 5.04. The number of benzene rings is 3. The van der Waals surface area contributed by atoms with E-state index >= 15 is 0 Å². The number of hydrogen-bond acceptors (Lipinski definition) is 5. The van der Waals surface area contributed by atoms with Gasteiger partial charge >= 0.3 is 0 Å². The van der Waals surface area contributed by atoms with Gasteiger partial charge < -0.3 is 14.8 Å². The molecule has 0 saturated heterocycles. The highest BCUT2D eigenvalue weighted by atomic mass is 79.9. The van der Waals surface area contributed by atoms with E-state index in [0.29, 0.717) is 17.2 Å². The van der Waals surface area contributed by atoms with Crippen molar-refractivity contribution in [2.24, 2.45) is 0 Å². The fourth-order valence-corrected chi connectivity index (χ4v) is 4.45. The molecule has 4 rings (SSSR count). The molecule has 1 N–H and O–H groups in total. The van der Waals surface area contributed by atoms with E-state index in [1.807, 2.05) is 60.7 Å². The summed E-state index contributed by atoms with van der Waals surface area (Å²) in [5, 5.41) is 3.78. The zero-order chi connectivity index (χ0) is 21.8. The van der Waals surface area contributed by atoms with Crippen LogP contribution in [-0.2, 0) is 4.79 Å². The lowest BCUT2D eigenvalue weighted by Gasteiger charge is -2.10. The van der Waals surface area contributed by atoms with Gasteiger partial charge in [-0.25, -0.2) is 4.98 Å². The second-order valence-electron chi connectivity index (χ2n) is 6.61. The summed E-state index contributed by atoms with van der Waals surface area (Å²) in [4.78, 5) is 17.3. The lowest BCUT2D eigenvalue weighted by molar-refractivity contribution is -0.111. The van der Waals surface area contributed by atoms with Crippen molar-refractivity contribution in [2.75, 3.05) is 19.5 Å². The largest absolute Gasteiger partial charge is 0.496 e. The molecule has 0 aliphatic rings. The van der Waals surface area contributed by atoms with Gasteiger partial charge in [-0.3, -0.25) is 4.79 Å². The molecular formula is C24H19BrN2O3S. The van der Waals surface area contributed by atoms with Gasteiger partial charge in [-0.1, -0.05) is 28.1 Å². The van der Waals surface area contributed by atoms with Crippen molar-refractivity contribution in [1.29, 1.82) is 0 Å². The smallest absolute Gasteiger partial charge is 0.248 e. The van der Waals surface area contributed by atoms with Gasteiger partial charge in [0.15, 0.2) is 0 Å². The van der Waals surface area contributed by atoms with Crippen molar-refractivity contribution in [1.82, 2.24) is 4.98 Å². The number of anilines is 1. The molecule has 0 fully saturated rings. The Bertz CT molecular complexity index is 1250. The molecule has 0 unspecified atom stereocenters. The van der Waals surface area contributed by atoms with Crippen LogP contribution in [0.3, 0.4) is 0 Å². The minimum atomic E-state index is -0.276. The molecule has 0 bridgehead atoms. The molecule has 1 heterocycles. The predicted molar refractivity (Wildman–Crippen MR) is 130 cm³/mol. The second kappa shape index (κ2) is 9.32. The third kappa shape index (κ3) is 4.78. The SMILES string of the molecule is COc1ccc(Br)cc1/C=C/C(=O)Nc1cc(-c2nc3ccccc3s2)ccc1OC. The number of fused-ring (bicyclic) bond motifs is 1. The maximum Gasteiger partial charge on any atom is 0.248 e. The Hall–Kier alpha value is -3.16. The molecule has 4 aromatic rings. The fraction of sp³-hybridized carbons (Fsp3) is 0.0833. The van der Waals surface area contributed by atoms with Crippen LogP contribution in [0.25, 0.3) is 26.9 Å². The number of nitrogens with zero attached hydrogens (tertiary/aromatic N) is 1. The molecule has 1 aromatic heterocycles. The third-order valence-corrected chi connectivity index (χ3v) is 6.18. The van der Waals surface area contributed by atoms with Gasteiger partial charge in [-0.2, -0.15) is 0 Å². The highest BCUT2D eigenvalue weighted by molar-refractivity contribution is 9.10. The lowest BCUT2D eigenvalue weighted by atomic mass is 10.1. The zero-order valence-corrected chi connectivity index (χ0v) is 19.3. The number of ether oxygens (including phenoxy) is 2. The van der Waals surface area contributed by atoms with E-state index in [4.69, 9.17) is 14.5 Å². The molecule has 156 valence electrons. The maximum atomic E-state index is 12.6. The number of para-hydroxylation sites is 1. The van der Waals surface area contributed by atoms with Gasteiger partial charge in [0.2, 0.25) is 5.91 Å². The Morgan fingerprint density at radius 1 is 1.03 bits per heavy atom. The van der Waals surface area contributed by atoms with Gasteiger partial charge in [0.05, 0.1) is 30.1 Å². The molecule has 3 aromatic carbocycles. The van der Waals surface area contributed by atoms with E-state index in [-0.39, 0.29) is 5.91 Å². The number of carbonyl (C=O) groups is 1. The van der Waals surface area contributed by atoms with Gasteiger partial charge in [-0.15, -0.1) is 11.3 Å². The van der Waals surface area contributed by atoms with Crippen LogP contribution < -0.4 is 14.8 Å². The van der Waals surface area contributed by atoms with E-state index in [2.05, 4.69) is 21.2 Å². The molecule has 0 radical (unpaired) electrons. The summed E-state index contributed by atoms with van der Waals surface area (Å²) in [5.41, 5.74) is 3.24. The predicted octanol–water partition coefficient (Wildman–Crippen LogP) is 6.39. The summed E-state index contributed by atoms with van der Waals surface area (Å²) in [7, 11) is 3.17. The Kier molecular flexibility index (Phi) is 6.34. The fourth-order valence-electron chi connectivity index (χ4n) is 3.11. The number of rotatable bonds is 6. The van der Waals surface area contributed by atoms with Gasteiger partial charge in [0.25, 0.3) is 0 Å². The average molecular weight is 495 g/mol. The van der Waals surface area contributed by atoms with Crippen LogP contribution in [0.5, 0.6) is 11.5 Å². The molecule has 0 atom stereocenters. The van der Waals surface area contributed by atoms with Crippen LogP contribution in [-0.4, -0.2) is 25.1 Å². The number of methoxy groups -OCH3 is 2. The Morgan fingerprint density at radius 2 is 1.81 bits per heavy atom. The van der Waals surface area contributed by atoms with Crippen LogP contribution in [0.1, 0.15) is 5.56 Å². The second-order valence-corrected chi connectivity index (χ2v) is 8.56. The Morgan fingerprint density at radius 3 is 2.58 bits per heavy atom. The summed E-state index contributed by atoms with van der Waals surface area (Å²) in [6.45, 7) is 0. The first-order valence-electron chi connectivity index (χ1n) is 9.44. The normalized spacial score (nSPS) is 11.1. The van der Waals surface area contributed by atoms with Gasteiger partial charge in [0, 0.05) is 21.7 Å². The summed E-state index contributed by atoms with van der Waals surface area (Å²) in [6.07, 6.45) is 3.18. The molecule has 0 spiro atoms. The quantitative estimate of drug-likeness (QED) is 0.315. The molecule has 0 aliphatic carbocycles. The minimum Gasteiger partial charge on any atom is -0.496 e. The minimum absolute atomic E-state index is 0.276. The highest BCUT2D eigenvalue weighted by Crippen LogP contribution is 2.35. The first kappa shape index (κ1) is 21.1. The molecule has 7 heteroatoms. The van der Waals surface area contributed by atoms with Crippen molar-refractivity contribution in [3.63, 3.8) is 0 Å². The van der Waals surface area contributed by atoms with Crippen LogP contribution in [0, 0.1) is 0 Å². The number of amides is 1. The summed E-state index contributed by atoms with van der Waals surface area (Å²) in [5.74, 6) is 0.982. The molecular weight excluding hydrogens is 476 g/mol. The standard InChI is InChI=1S/C24H19BrN2O3S/c1-29-20-11-9-17(25)13-15(20)8-12-23(28)26-19-14-16(7-10-21(19)30-2)24-27-18-5-3-4-6-22(18)31-24/h3-14H,1-2H3,(H,26,28)/b12-8+.